The molecule has 1 heterocycles. The summed E-state index contributed by atoms with van der Waals surface area (Å²) in [6, 6.07) is 18.8. The Morgan fingerprint density at radius 2 is 1.68 bits per heavy atom. The molecule has 1 unspecified atom stereocenters. The lowest BCUT2D eigenvalue weighted by Gasteiger charge is -2.37. The fourth-order valence-electron chi connectivity index (χ4n) is 3.06. The van der Waals surface area contributed by atoms with Crippen molar-refractivity contribution >= 4 is 28.9 Å². The molecule has 0 amide bonds. The second-order valence-electron chi connectivity index (χ2n) is 6.47. The lowest BCUT2D eigenvalue weighted by molar-refractivity contribution is 0.174. The first-order valence-electron chi connectivity index (χ1n) is 8.69. The van der Waals surface area contributed by atoms with E-state index in [0.29, 0.717) is 0 Å². The van der Waals surface area contributed by atoms with Gasteiger partial charge >= 0.3 is 0 Å². The van der Waals surface area contributed by atoms with E-state index in [0.717, 1.165) is 42.9 Å². The van der Waals surface area contributed by atoms with Gasteiger partial charge in [0.05, 0.1) is 6.04 Å². The molecule has 1 atom stereocenters. The van der Waals surface area contributed by atoms with Crippen LogP contribution in [0, 0.1) is 0 Å². The van der Waals surface area contributed by atoms with Gasteiger partial charge < -0.3 is 10.2 Å². The van der Waals surface area contributed by atoms with Crippen LogP contribution in [0.25, 0.3) is 0 Å². The van der Waals surface area contributed by atoms with Crippen molar-refractivity contribution in [2.24, 2.45) is 0 Å². The molecule has 0 saturated carbocycles. The summed E-state index contributed by atoms with van der Waals surface area (Å²) in [4.78, 5) is 4.73. The predicted octanol–water partition coefficient (Wildman–Crippen LogP) is 4.09. The van der Waals surface area contributed by atoms with Crippen LogP contribution in [0.5, 0.6) is 0 Å². The minimum absolute atomic E-state index is 0.223. The molecule has 1 saturated heterocycles. The Balaban J connectivity index is 1.46. The monoisotopic (exact) mass is 373 g/mol. The molecule has 0 spiro atoms. The molecular formula is C20H24ClN3S. The van der Waals surface area contributed by atoms with Crippen molar-refractivity contribution < 1.29 is 0 Å². The Morgan fingerprint density at radius 1 is 1.04 bits per heavy atom. The Kier molecular flexibility index (Phi) is 6.29. The van der Waals surface area contributed by atoms with Gasteiger partial charge in [0.15, 0.2) is 5.11 Å². The van der Waals surface area contributed by atoms with Gasteiger partial charge in [-0.25, -0.2) is 0 Å². The maximum Gasteiger partial charge on any atom is 0.169 e. The van der Waals surface area contributed by atoms with Crippen LogP contribution in [-0.2, 0) is 6.54 Å². The van der Waals surface area contributed by atoms with Crippen LogP contribution in [0.15, 0.2) is 54.6 Å². The standard InChI is InChI=1S/C20H24ClN3S/c1-16(18-5-3-2-4-6-18)22-20(25)24-13-11-23(12-14-24)15-17-7-9-19(21)10-8-17/h2-10,16H,11-15H2,1H3,(H,22,25). The highest BCUT2D eigenvalue weighted by Gasteiger charge is 2.20. The molecule has 1 aliphatic heterocycles. The van der Waals surface area contributed by atoms with Crippen LogP contribution in [0.1, 0.15) is 24.1 Å². The summed E-state index contributed by atoms with van der Waals surface area (Å²) in [5.41, 5.74) is 2.56. The first kappa shape index (κ1) is 18.2. The third kappa shape index (κ3) is 5.18. The number of piperazine rings is 1. The quantitative estimate of drug-likeness (QED) is 0.813. The topological polar surface area (TPSA) is 18.5 Å². The summed E-state index contributed by atoms with van der Waals surface area (Å²) >= 11 is 11.6. The van der Waals surface area contributed by atoms with Gasteiger partial charge in [-0.2, -0.15) is 0 Å². The molecule has 5 heteroatoms. The van der Waals surface area contributed by atoms with E-state index < -0.39 is 0 Å². The smallest absolute Gasteiger partial charge is 0.169 e. The average Bonchev–Trinajstić information content (AvgIpc) is 2.65. The van der Waals surface area contributed by atoms with Crippen LogP contribution < -0.4 is 5.32 Å². The molecule has 0 aliphatic carbocycles. The molecule has 2 aromatic rings. The number of rotatable bonds is 4. The van der Waals surface area contributed by atoms with Gasteiger partial charge in [-0.3, -0.25) is 4.90 Å². The van der Waals surface area contributed by atoms with Crippen LogP contribution in [0.4, 0.5) is 0 Å². The number of hydrogen-bond donors (Lipinski definition) is 1. The van der Waals surface area contributed by atoms with Crippen molar-refractivity contribution in [1.82, 2.24) is 15.1 Å². The Morgan fingerprint density at radius 3 is 2.32 bits per heavy atom. The van der Waals surface area contributed by atoms with Gasteiger partial charge in [0, 0.05) is 37.7 Å². The second kappa shape index (κ2) is 8.65. The van der Waals surface area contributed by atoms with E-state index in [9.17, 15) is 0 Å². The van der Waals surface area contributed by atoms with Crippen molar-refractivity contribution in [3.63, 3.8) is 0 Å². The van der Waals surface area contributed by atoms with Crippen molar-refractivity contribution in [3.05, 3.63) is 70.7 Å². The Bertz CT molecular complexity index is 682. The van der Waals surface area contributed by atoms with Crippen LogP contribution in [0.2, 0.25) is 5.02 Å². The van der Waals surface area contributed by atoms with Gasteiger partial charge in [-0.1, -0.05) is 54.1 Å². The molecule has 1 N–H and O–H groups in total. The number of thiocarbonyl (C=S) groups is 1. The first-order chi connectivity index (χ1) is 12.1. The molecular weight excluding hydrogens is 350 g/mol. The first-order valence-corrected chi connectivity index (χ1v) is 9.47. The summed E-state index contributed by atoms with van der Waals surface area (Å²) in [6.45, 7) is 7.07. The summed E-state index contributed by atoms with van der Waals surface area (Å²) in [5.74, 6) is 0. The maximum absolute atomic E-state index is 5.95. The number of nitrogens with one attached hydrogen (secondary N) is 1. The molecule has 0 bridgehead atoms. The SMILES string of the molecule is CC(NC(=S)N1CCN(Cc2ccc(Cl)cc2)CC1)c1ccccc1. The molecule has 1 fully saturated rings. The fourth-order valence-corrected chi connectivity index (χ4v) is 3.54. The van der Waals surface area contributed by atoms with Crippen LogP contribution in [0.3, 0.4) is 0 Å². The third-order valence-corrected chi connectivity index (χ3v) is 5.25. The van der Waals surface area contributed by atoms with Gasteiger partial charge in [-0.05, 0) is 42.4 Å². The molecule has 3 rings (SSSR count). The average molecular weight is 374 g/mol. The van der Waals surface area contributed by atoms with E-state index in [-0.39, 0.29) is 6.04 Å². The van der Waals surface area contributed by atoms with Gasteiger partial charge in [0.25, 0.3) is 0 Å². The highest BCUT2D eigenvalue weighted by molar-refractivity contribution is 7.80. The van der Waals surface area contributed by atoms with E-state index in [1.165, 1.54) is 11.1 Å². The molecule has 3 nitrogen and oxygen atoms in total. The van der Waals surface area contributed by atoms with Crippen molar-refractivity contribution in [2.45, 2.75) is 19.5 Å². The lowest BCUT2D eigenvalue weighted by atomic mass is 10.1. The van der Waals surface area contributed by atoms with E-state index in [4.69, 9.17) is 23.8 Å². The summed E-state index contributed by atoms with van der Waals surface area (Å²) < 4.78 is 0. The van der Waals surface area contributed by atoms with Gasteiger partial charge in [0.1, 0.15) is 0 Å². The van der Waals surface area contributed by atoms with Crippen molar-refractivity contribution in [1.29, 1.82) is 0 Å². The van der Waals surface area contributed by atoms with Gasteiger partial charge in [-0.15, -0.1) is 0 Å². The summed E-state index contributed by atoms with van der Waals surface area (Å²) in [5, 5.41) is 5.10. The summed E-state index contributed by atoms with van der Waals surface area (Å²) in [7, 11) is 0. The molecule has 1 aliphatic rings. The molecule has 2 aromatic carbocycles. The zero-order valence-electron chi connectivity index (χ0n) is 14.5. The summed E-state index contributed by atoms with van der Waals surface area (Å²) in [6.07, 6.45) is 0. The number of nitrogens with zero attached hydrogens (tertiary/aromatic N) is 2. The van der Waals surface area contributed by atoms with Crippen molar-refractivity contribution in [2.75, 3.05) is 26.2 Å². The zero-order valence-corrected chi connectivity index (χ0v) is 16.1. The minimum Gasteiger partial charge on any atom is -0.356 e. The van der Waals surface area contributed by atoms with E-state index >= 15 is 0 Å². The fraction of sp³-hybridized carbons (Fsp3) is 0.350. The highest BCUT2D eigenvalue weighted by atomic mass is 35.5. The van der Waals surface area contributed by atoms with E-state index in [1.807, 2.05) is 18.2 Å². The number of halogens is 1. The Hall–Kier alpha value is -1.62. The van der Waals surface area contributed by atoms with Crippen molar-refractivity contribution in [3.8, 4) is 0 Å². The van der Waals surface area contributed by atoms with E-state index in [2.05, 4.69) is 58.4 Å². The molecule has 25 heavy (non-hydrogen) atoms. The third-order valence-electron chi connectivity index (χ3n) is 4.62. The van der Waals surface area contributed by atoms with Crippen LogP contribution in [-0.4, -0.2) is 41.1 Å². The van der Waals surface area contributed by atoms with Crippen LogP contribution >= 0.6 is 23.8 Å². The molecule has 132 valence electrons. The predicted molar refractivity (Wildman–Crippen MR) is 109 cm³/mol. The number of hydrogen-bond acceptors (Lipinski definition) is 2. The molecule has 0 radical (unpaired) electrons. The lowest BCUT2D eigenvalue weighted by Crippen LogP contribution is -2.51. The second-order valence-corrected chi connectivity index (χ2v) is 7.29. The normalized spacial score (nSPS) is 16.5. The maximum atomic E-state index is 5.95. The Labute approximate surface area is 160 Å². The van der Waals surface area contributed by atoms with E-state index in [1.54, 1.807) is 0 Å². The zero-order chi connectivity index (χ0) is 17.6. The number of benzene rings is 2. The minimum atomic E-state index is 0.223. The van der Waals surface area contributed by atoms with Gasteiger partial charge in [0.2, 0.25) is 0 Å². The molecule has 0 aromatic heterocycles. The highest BCUT2D eigenvalue weighted by Crippen LogP contribution is 2.15. The largest absolute Gasteiger partial charge is 0.356 e.